The molecule has 2 aliphatic rings. The topological polar surface area (TPSA) is 49.6 Å². The summed E-state index contributed by atoms with van der Waals surface area (Å²) in [4.78, 5) is 22.2. The maximum absolute atomic E-state index is 13.2. The fourth-order valence-corrected chi connectivity index (χ4v) is 5.18. The highest BCUT2D eigenvalue weighted by Gasteiger charge is 2.49. The number of fused-ring (bicyclic) bond motifs is 1. The van der Waals surface area contributed by atoms with Crippen LogP contribution in [0.1, 0.15) is 39.0 Å². The smallest absolute Gasteiger partial charge is 0.290 e. The largest absolute Gasteiger partial charge is 0.459 e. The zero-order valence-corrected chi connectivity index (χ0v) is 17.5. The molecule has 1 aromatic carbocycles. The van der Waals surface area contributed by atoms with Gasteiger partial charge in [-0.3, -0.25) is 14.7 Å². The lowest BCUT2D eigenvalue weighted by Crippen LogP contribution is -2.35. The molecule has 0 radical (unpaired) electrons. The lowest BCUT2D eigenvalue weighted by atomic mass is 9.87. The number of hydrogen-bond acceptors (Lipinski definition) is 4. The number of nitrogens with zero attached hydrogens (tertiary/aromatic N) is 3. The van der Waals surface area contributed by atoms with Crippen molar-refractivity contribution in [3.05, 3.63) is 89.1 Å². The van der Waals surface area contributed by atoms with Gasteiger partial charge in [0.15, 0.2) is 5.76 Å². The molecule has 0 spiro atoms. The van der Waals surface area contributed by atoms with Crippen molar-refractivity contribution in [2.24, 2.45) is 11.8 Å². The summed E-state index contributed by atoms with van der Waals surface area (Å²) in [6.45, 7) is 7.82. The highest BCUT2D eigenvalue weighted by atomic mass is 16.3. The molecule has 2 saturated heterocycles. The van der Waals surface area contributed by atoms with Crippen LogP contribution in [0, 0.1) is 25.7 Å². The number of carbonyl (C=O) groups is 1. The van der Waals surface area contributed by atoms with E-state index in [1.165, 1.54) is 16.7 Å². The van der Waals surface area contributed by atoms with Crippen LogP contribution in [0.25, 0.3) is 0 Å². The second-order valence-corrected chi connectivity index (χ2v) is 8.66. The van der Waals surface area contributed by atoms with E-state index in [0.717, 1.165) is 31.9 Å². The van der Waals surface area contributed by atoms with Gasteiger partial charge in [-0.05, 0) is 54.7 Å². The van der Waals surface area contributed by atoms with Gasteiger partial charge in [-0.2, -0.15) is 0 Å². The van der Waals surface area contributed by atoms with Crippen LogP contribution in [0.15, 0.2) is 65.4 Å². The summed E-state index contributed by atoms with van der Waals surface area (Å²) in [5.41, 5.74) is 4.78. The SMILES string of the molecule is Cc1ccc(CN2C[C@H]3CN(C(=O)c4ccco4)[C@H](c4ccccc4C)[C@H]3C2)cn1. The predicted molar refractivity (Wildman–Crippen MR) is 115 cm³/mol. The van der Waals surface area contributed by atoms with E-state index in [1.807, 2.05) is 18.0 Å². The lowest BCUT2D eigenvalue weighted by Gasteiger charge is -2.30. The molecule has 5 heteroatoms. The molecule has 154 valence electrons. The maximum atomic E-state index is 13.2. The number of pyridine rings is 1. The van der Waals surface area contributed by atoms with Gasteiger partial charge in [0.2, 0.25) is 0 Å². The van der Waals surface area contributed by atoms with Gasteiger partial charge in [0.1, 0.15) is 0 Å². The molecule has 0 aliphatic carbocycles. The highest BCUT2D eigenvalue weighted by molar-refractivity contribution is 5.92. The van der Waals surface area contributed by atoms with Crippen LogP contribution < -0.4 is 0 Å². The van der Waals surface area contributed by atoms with Gasteiger partial charge in [-0.1, -0.05) is 30.3 Å². The number of aromatic nitrogens is 1. The molecular formula is C25H27N3O2. The summed E-state index contributed by atoms with van der Waals surface area (Å²) in [5, 5.41) is 0. The molecule has 3 aromatic rings. The Balaban J connectivity index is 1.41. The van der Waals surface area contributed by atoms with E-state index in [-0.39, 0.29) is 11.9 Å². The van der Waals surface area contributed by atoms with E-state index in [1.54, 1.807) is 18.4 Å². The van der Waals surface area contributed by atoms with E-state index in [0.29, 0.717) is 17.6 Å². The number of hydrogen-bond donors (Lipinski definition) is 0. The van der Waals surface area contributed by atoms with Crippen molar-refractivity contribution in [3.63, 3.8) is 0 Å². The predicted octanol–water partition coefficient (Wildman–Crippen LogP) is 4.24. The van der Waals surface area contributed by atoms with Crippen LogP contribution in [0.5, 0.6) is 0 Å². The Kier molecular flexibility index (Phi) is 4.91. The van der Waals surface area contributed by atoms with Gasteiger partial charge >= 0.3 is 0 Å². The quantitative estimate of drug-likeness (QED) is 0.656. The number of furan rings is 1. The van der Waals surface area contributed by atoms with Crippen LogP contribution in [-0.4, -0.2) is 40.3 Å². The Morgan fingerprint density at radius 3 is 2.67 bits per heavy atom. The molecule has 0 unspecified atom stereocenters. The molecule has 2 aliphatic heterocycles. The molecule has 0 N–H and O–H groups in total. The number of aryl methyl sites for hydroxylation is 2. The van der Waals surface area contributed by atoms with Crippen molar-refractivity contribution < 1.29 is 9.21 Å². The molecule has 0 saturated carbocycles. The highest BCUT2D eigenvalue weighted by Crippen LogP contribution is 2.46. The van der Waals surface area contributed by atoms with E-state index < -0.39 is 0 Å². The van der Waals surface area contributed by atoms with E-state index in [4.69, 9.17) is 4.42 Å². The van der Waals surface area contributed by atoms with E-state index >= 15 is 0 Å². The number of likely N-dealkylation sites (tertiary alicyclic amines) is 2. The van der Waals surface area contributed by atoms with Crippen molar-refractivity contribution in [2.75, 3.05) is 19.6 Å². The molecule has 4 heterocycles. The summed E-state index contributed by atoms with van der Waals surface area (Å²) in [5.74, 6) is 1.31. The first-order valence-electron chi connectivity index (χ1n) is 10.6. The summed E-state index contributed by atoms with van der Waals surface area (Å²) in [6, 6.07) is 16.3. The third-order valence-corrected chi connectivity index (χ3v) is 6.62. The number of carbonyl (C=O) groups excluding carboxylic acids is 1. The molecular weight excluding hydrogens is 374 g/mol. The monoisotopic (exact) mass is 401 g/mol. The van der Waals surface area contributed by atoms with Gasteiger partial charge in [0.05, 0.1) is 12.3 Å². The molecule has 3 atom stereocenters. The average Bonchev–Trinajstić information content (AvgIpc) is 3.46. The summed E-state index contributed by atoms with van der Waals surface area (Å²) in [7, 11) is 0. The van der Waals surface area contributed by atoms with Crippen LogP contribution >= 0.6 is 0 Å². The first-order valence-corrected chi connectivity index (χ1v) is 10.6. The minimum atomic E-state index is -0.00284. The molecule has 2 fully saturated rings. The standard InChI is InChI=1S/C25H27N3O2/c1-17-6-3-4-7-21(17)24-22-16-27(13-19-10-9-18(2)26-12-19)14-20(22)15-28(24)25(29)23-8-5-11-30-23/h3-12,20,22,24H,13-16H2,1-2H3/t20-,22-,24+/m0/s1. The lowest BCUT2D eigenvalue weighted by molar-refractivity contribution is 0.0667. The van der Waals surface area contributed by atoms with Gasteiger partial charge < -0.3 is 9.32 Å². The average molecular weight is 402 g/mol. The number of amides is 1. The van der Waals surface area contributed by atoms with Crippen LogP contribution in [0.4, 0.5) is 0 Å². The van der Waals surface area contributed by atoms with Gasteiger partial charge in [-0.25, -0.2) is 0 Å². The molecule has 1 amide bonds. The molecule has 0 bridgehead atoms. The normalized spacial score (nSPS) is 23.7. The summed E-state index contributed by atoms with van der Waals surface area (Å²) in [6.07, 6.45) is 3.55. The van der Waals surface area contributed by atoms with Crippen molar-refractivity contribution >= 4 is 5.91 Å². The third-order valence-electron chi connectivity index (χ3n) is 6.62. The Morgan fingerprint density at radius 2 is 1.93 bits per heavy atom. The Bertz CT molecular complexity index is 1030. The summed E-state index contributed by atoms with van der Waals surface area (Å²) < 4.78 is 5.45. The Hall–Kier alpha value is -2.92. The van der Waals surface area contributed by atoms with Gasteiger partial charge in [0, 0.05) is 44.0 Å². The first-order chi connectivity index (χ1) is 14.6. The minimum absolute atomic E-state index is 0.00284. The second-order valence-electron chi connectivity index (χ2n) is 8.66. The molecule has 30 heavy (non-hydrogen) atoms. The van der Waals surface area contributed by atoms with Crippen LogP contribution in [0.2, 0.25) is 0 Å². The van der Waals surface area contributed by atoms with Crippen LogP contribution in [0.3, 0.4) is 0 Å². The number of benzene rings is 1. The fraction of sp³-hybridized carbons (Fsp3) is 0.360. The van der Waals surface area contributed by atoms with Crippen LogP contribution in [-0.2, 0) is 6.54 Å². The summed E-state index contributed by atoms with van der Waals surface area (Å²) >= 11 is 0. The Morgan fingerprint density at radius 1 is 1.07 bits per heavy atom. The van der Waals surface area contributed by atoms with Crippen molar-refractivity contribution in [2.45, 2.75) is 26.4 Å². The van der Waals surface area contributed by atoms with Crippen molar-refractivity contribution in [3.8, 4) is 0 Å². The fourth-order valence-electron chi connectivity index (χ4n) is 5.18. The zero-order valence-electron chi connectivity index (χ0n) is 17.5. The van der Waals surface area contributed by atoms with Crippen molar-refractivity contribution in [1.82, 2.24) is 14.8 Å². The minimum Gasteiger partial charge on any atom is -0.459 e. The second kappa shape index (κ2) is 7.73. The number of rotatable bonds is 4. The first kappa shape index (κ1) is 19.1. The maximum Gasteiger partial charge on any atom is 0.290 e. The Labute approximate surface area is 177 Å². The molecule has 5 rings (SSSR count). The van der Waals surface area contributed by atoms with Gasteiger partial charge in [-0.15, -0.1) is 0 Å². The molecule has 2 aromatic heterocycles. The van der Waals surface area contributed by atoms with E-state index in [9.17, 15) is 4.79 Å². The molecule has 5 nitrogen and oxygen atoms in total. The van der Waals surface area contributed by atoms with Gasteiger partial charge in [0.25, 0.3) is 5.91 Å². The zero-order chi connectivity index (χ0) is 20.7. The van der Waals surface area contributed by atoms with E-state index in [2.05, 4.69) is 53.2 Å². The third kappa shape index (κ3) is 3.43. The van der Waals surface area contributed by atoms with Crippen molar-refractivity contribution in [1.29, 1.82) is 0 Å².